The molecule has 3 amide bonds. The molecule has 10 heteroatoms. The van der Waals surface area contributed by atoms with Crippen LogP contribution in [0.4, 0.5) is 4.79 Å². The first-order chi connectivity index (χ1) is 13.9. The van der Waals surface area contributed by atoms with E-state index in [0.29, 0.717) is 27.9 Å². The Balaban J connectivity index is 1.67. The quantitative estimate of drug-likeness (QED) is 0.248. The van der Waals surface area contributed by atoms with E-state index >= 15 is 0 Å². The smallest absolute Gasteiger partial charge is 0.337 e. The number of nitrogens with zero attached hydrogens (tertiary/aromatic N) is 1. The number of thioether (sulfide) groups is 1. The van der Waals surface area contributed by atoms with Crippen LogP contribution in [0.15, 0.2) is 64.6 Å². The van der Waals surface area contributed by atoms with E-state index in [2.05, 4.69) is 10.5 Å². The summed E-state index contributed by atoms with van der Waals surface area (Å²) in [5.41, 5.74) is 3.09. The van der Waals surface area contributed by atoms with Crippen molar-refractivity contribution in [3.63, 3.8) is 0 Å². The number of halogens is 1. The van der Waals surface area contributed by atoms with Gasteiger partial charge in [0, 0.05) is 22.2 Å². The first-order valence-corrected chi connectivity index (χ1v) is 9.26. The topological polar surface area (TPSA) is 114 Å². The van der Waals surface area contributed by atoms with Gasteiger partial charge in [0.25, 0.3) is 17.1 Å². The third kappa shape index (κ3) is 5.53. The van der Waals surface area contributed by atoms with Gasteiger partial charge in [-0.15, -0.1) is 0 Å². The van der Waals surface area contributed by atoms with Crippen molar-refractivity contribution in [2.45, 2.75) is 0 Å². The molecule has 2 aromatic carbocycles. The van der Waals surface area contributed by atoms with Crippen LogP contribution in [-0.2, 0) is 9.59 Å². The van der Waals surface area contributed by atoms with Gasteiger partial charge in [0.2, 0.25) is 0 Å². The number of para-hydroxylation sites is 1. The monoisotopic (exact) mass is 429 g/mol. The third-order valence-electron chi connectivity index (χ3n) is 3.48. The Bertz CT molecular complexity index is 1070. The van der Waals surface area contributed by atoms with Crippen molar-refractivity contribution in [3.05, 3.63) is 75.7 Å². The molecule has 0 spiro atoms. The van der Waals surface area contributed by atoms with Gasteiger partial charge in [-0.1, -0.05) is 29.8 Å². The van der Waals surface area contributed by atoms with Crippen LogP contribution >= 0.6 is 23.4 Å². The van der Waals surface area contributed by atoms with E-state index in [0.717, 1.165) is 6.08 Å². The summed E-state index contributed by atoms with van der Waals surface area (Å²) in [6, 6.07) is 12.8. The van der Waals surface area contributed by atoms with E-state index in [1.807, 2.05) is 5.32 Å². The number of esters is 1. The fourth-order valence-electron chi connectivity index (χ4n) is 2.20. The minimum atomic E-state index is -0.832. The Morgan fingerprint density at radius 1 is 1.14 bits per heavy atom. The lowest BCUT2D eigenvalue weighted by molar-refractivity contribution is -0.129. The van der Waals surface area contributed by atoms with E-state index in [1.54, 1.807) is 36.4 Å². The minimum Gasteiger partial charge on any atom is -0.423 e. The van der Waals surface area contributed by atoms with Crippen LogP contribution in [0, 0.1) is 0 Å². The van der Waals surface area contributed by atoms with Gasteiger partial charge in [-0.25, -0.2) is 10.2 Å². The van der Waals surface area contributed by atoms with E-state index in [1.165, 1.54) is 18.3 Å². The molecule has 2 N–H and O–H groups in total. The Labute approximate surface area is 173 Å². The number of imide groups is 1. The lowest BCUT2D eigenvalue weighted by atomic mass is 10.2. The van der Waals surface area contributed by atoms with Gasteiger partial charge < -0.3 is 4.74 Å². The molecule has 1 aliphatic heterocycles. The largest absolute Gasteiger partial charge is 0.423 e. The molecule has 0 aliphatic carbocycles. The molecule has 0 bridgehead atoms. The number of benzene rings is 2. The van der Waals surface area contributed by atoms with Crippen LogP contribution in [0.2, 0.25) is 5.02 Å². The average molecular weight is 430 g/mol. The second-order valence-corrected chi connectivity index (χ2v) is 6.97. The molecule has 2 aromatic rings. The number of carbonyl (C=O) groups is 4. The van der Waals surface area contributed by atoms with Crippen molar-refractivity contribution in [1.29, 1.82) is 0 Å². The summed E-state index contributed by atoms with van der Waals surface area (Å²) in [6.45, 7) is 0. The van der Waals surface area contributed by atoms with Gasteiger partial charge in [0.1, 0.15) is 5.75 Å². The number of amides is 3. The summed E-state index contributed by atoms with van der Waals surface area (Å²) in [7, 11) is 0. The predicted molar refractivity (Wildman–Crippen MR) is 108 cm³/mol. The summed E-state index contributed by atoms with van der Waals surface area (Å²) in [6.07, 6.45) is 2.23. The second-order valence-electron chi connectivity index (χ2n) is 5.52. The molecular weight excluding hydrogens is 418 g/mol. The second kappa shape index (κ2) is 9.18. The maximum atomic E-state index is 12.1. The highest BCUT2D eigenvalue weighted by Crippen LogP contribution is 2.23. The molecule has 1 saturated heterocycles. The number of hydrogen-bond donors (Lipinski definition) is 2. The summed E-state index contributed by atoms with van der Waals surface area (Å²) in [5.74, 6) is -1.79. The van der Waals surface area contributed by atoms with Gasteiger partial charge in [-0.3, -0.25) is 19.7 Å². The van der Waals surface area contributed by atoms with Gasteiger partial charge in [0.05, 0.1) is 11.1 Å². The minimum absolute atomic E-state index is 0.0556. The van der Waals surface area contributed by atoms with Crippen molar-refractivity contribution < 1.29 is 23.9 Å². The van der Waals surface area contributed by atoms with Crippen LogP contribution in [0.3, 0.4) is 0 Å². The molecule has 0 radical (unpaired) electrons. The highest BCUT2D eigenvalue weighted by atomic mass is 35.5. The summed E-state index contributed by atoms with van der Waals surface area (Å²) < 4.78 is 5.21. The Morgan fingerprint density at radius 2 is 1.93 bits per heavy atom. The maximum absolute atomic E-state index is 12.1. The van der Waals surface area contributed by atoms with Crippen LogP contribution in [-0.4, -0.2) is 29.2 Å². The van der Waals surface area contributed by atoms with E-state index in [9.17, 15) is 19.2 Å². The number of rotatable bonds is 5. The Morgan fingerprint density at radius 3 is 2.66 bits per heavy atom. The first-order valence-electron chi connectivity index (χ1n) is 8.07. The van der Waals surface area contributed by atoms with Gasteiger partial charge in [0.15, 0.2) is 0 Å². The molecule has 8 nitrogen and oxygen atoms in total. The van der Waals surface area contributed by atoms with E-state index < -0.39 is 23.0 Å². The van der Waals surface area contributed by atoms with E-state index in [4.69, 9.17) is 16.3 Å². The number of carbonyl (C=O) groups excluding carboxylic acids is 4. The molecule has 1 fully saturated rings. The normalized spacial score (nSPS) is 14.9. The van der Waals surface area contributed by atoms with Crippen molar-refractivity contribution in [2.75, 3.05) is 0 Å². The van der Waals surface area contributed by atoms with Crippen LogP contribution < -0.4 is 15.5 Å². The van der Waals surface area contributed by atoms with Crippen LogP contribution in [0.5, 0.6) is 5.75 Å². The number of hydrogen-bond acceptors (Lipinski definition) is 7. The molecule has 1 heterocycles. The molecule has 0 unspecified atom stereocenters. The Kier molecular flexibility index (Phi) is 6.43. The summed E-state index contributed by atoms with van der Waals surface area (Å²) >= 11 is 6.46. The SMILES string of the molecule is O=C(/C=C1/SC(=O)NC1=O)Oc1ccccc1/C=N/NC(=O)c1cccc(Cl)c1. The molecule has 3 rings (SSSR count). The van der Waals surface area contributed by atoms with E-state index in [-0.39, 0.29) is 10.7 Å². The zero-order valence-electron chi connectivity index (χ0n) is 14.5. The molecular formula is C19H12ClN3O5S. The standard InChI is InChI=1S/C19H12ClN3O5S/c20-13-6-3-5-11(8-13)17(25)23-21-10-12-4-1-2-7-14(12)28-16(24)9-15-18(26)22-19(27)29-15/h1-10H,(H,23,25)(H,22,26,27)/b15-9+,21-10+. The third-order valence-corrected chi connectivity index (χ3v) is 4.52. The number of ether oxygens (including phenoxy) is 1. The van der Waals surface area contributed by atoms with Crippen molar-refractivity contribution in [3.8, 4) is 5.75 Å². The fourth-order valence-corrected chi connectivity index (χ4v) is 3.03. The van der Waals surface area contributed by atoms with Crippen molar-refractivity contribution >= 4 is 52.6 Å². The van der Waals surface area contributed by atoms with Crippen molar-refractivity contribution in [2.24, 2.45) is 5.10 Å². The predicted octanol–water partition coefficient (Wildman–Crippen LogP) is 2.88. The molecule has 1 aliphatic rings. The zero-order valence-corrected chi connectivity index (χ0v) is 16.1. The fraction of sp³-hybridized carbons (Fsp3) is 0. The summed E-state index contributed by atoms with van der Waals surface area (Å²) in [4.78, 5) is 46.7. The van der Waals surface area contributed by atoms with Gasteiger partial charge in [-0.05, 0) is 42.1 Å². The number of hydrazone groups is 1. The van der Waals surface area contributed by atoms with Crippen LogP contribution in [0.25, 0.3) is 0 Å². The molecule has 29 heavy (non-hydrogen) atoms. The highest BCUT2D eigenvalue weighted by molar-refractivity contribution is 8.18. The molecule has 0 atom stereocenters. The lowest BCUT2D eigenvalue weighted by Crippen LogP contribution is -2.18. The number of nitrogens with one attached hydrogen (secondary N) is 2. The van der Waals surface area contributed by atoms with Gasteiger partial charge >= 0.3 is 5.97 Å². The average Bonchev–Trinajstić information content (AvgIpc) is 2.99. The summed E-state index contributed by atoms with van der Waals surface area (Å²) in [5, 5.41) is 5.76. The molecule has 0 saturated carbocycles. The van der Waals surface area contributed by atoms with Gasteiger partial charge in [-0.2, -0.15) is 5.10 Å². The first kappa shape index (κ1) is 20.3. The highest BCUT2D eigenvalue weighted by Gasteiger charge is 2.26. The maximum Gasteiger partial charge on any atom is 0.337 e. The Hall–Kier alpha value is -3.43. The van der Waals surface area contributed by atoms with Crippen molar-refractivity contribution in [1.82, 2.24) is 10.7 Å². The zero-order chi connectivity index (χ0) is 20.8. The van der Waals surface area contributed by atoms with Crippen LogP contribution in [0.1, 0.15) is 15.9 Å². The molecule has 0 aromatic heterocycles. The lowest BCUT2D eigenvalue weighted by Gasteiger charge is -2.05. The molecule has 146 valence electrons.